The number of anilines is 1. The first-order valence-electron chi connectivity index (χ1n) is 6.04. The summed E-state index contributed by atoms with van der Waals surface area (Å²) in [5, 5.41) is 9.20. The predicted octanol–water partition coefficient (Wildman–Crippen LogP) is -0.819. The molecule has 7 nitrogen and oxygen atoms in total. The molecule has 7 heteroatoms. The number of nitriles is 1. The molecule has 1 aliphatic heterocycles. The van der Waals surface area contributed by atoms with Gasteiger partial charge in [-0.05, 0) is 6.92 Å². The van der Waals surface area contributed by atoms with Crippen molar-refractivity contribution in [2.24, 2.45) is 14.1 Å². The van der Waals surface area contributed by atoms with Crippen molar-refractivity contribution < 1.29 is 4.74 Å². The van der Waals surface area contributed by atoms with Crippen molar-refractivity contribution in [1.82, 2.24) is 9.13 Å². The lowest BCUT2D eigenvalue weighted by Gasteiger charge is -2.34. The van der Waals surface area contributed by atoms with Gasteiger partial charge in [0.2, 0.25) is 0 Å². The Bertz CT molecular complexity index is 653. The molecule has 0 saturated carbocycles. The molecule has 1 aromatic heterocycles. The highest BCUT2D eigenvalue weighted by Crippen LogP contribution is 2.17. The Labute approximate surface area is 110 Å². The minimum atomic E-state index is -0.556. The number of nitrogens with zero attached hydrogens (tertiary/aromatic N) is 4. The van der Waals surface area contributed by atoms with Crippen LogP contribution < -0.4 is 16.1 Å². The molecule has 0 spiro atoms. The summed E-state index contributed by atoms with van der Waals surface area (Å²) < 4.78 is 7.73. The van der Waals surface area contributed by atoms with Gasteiger partial charge in [0.1, 0.15) is 11.9 Å². The zero-order valence-corrected chi connectivity index (χ0v) is 11.2. The molecular weight excluding hydrogens is 248 g/mol. The summed E-state index contributed by atoms with van der Waals surface area (Å²) in [5.41, 5.74) is -0.989. The van der Waals surface area contributed by atoms with Gasteiger partial charge >= 0.3 is 5.69 Å². The minimum Gasteiger partial charge on any atom is -0.375 e. The van der Waals surface area contributed by atoms with Crippen LogP contribution in [0.3, 0.4) is 0 Å². The first kappa shape index (κ1) is 13.4. The van der Waals surface area contributed by atoms with Crippen LogP contribution in [0.4, 0.5) is 5.82 Å². The van der Waals surface area contributed by atoms with Crippen molar-refractivity contribution in [1.29, 1.82) is 5.26 Å². The number of rotatable bonds is 1. The maximum Gasteiger partial charge on any atom is 0.332 e. The molecule has 1 saturated heterocycles. The Morgan fingerprint density at radius 3 is 2.58 bits per heavy atom. The van der Waals surface area contributed by atoms with Crippen molar-refractivity contribution in [3.63, 3.8) is 0 Å². The zero-order valence-electron chi connectivity index (χ0n) is 11.2. The minimum absolute atomic E-state index is 0.000506. The zero-order chi connectivity index (χ0) is 14.2. The van der Waals surface area contributed by atoms with Crippen LogP contribution in [-0.2, 0) is 18.8 Å². The second kappa shape index (κ2) is 4.90. The van der Waals surface area contributed by atoms with Gasteiger partial charge in [0.15, 0.2) is 5.56 Å². The third kappa shape index (κ3) is 2.15. The van der Waals surface area contributed by atoms with E-state index in [1.165, 1.54) is 11.6 Å². The maximum absolute atomic E-state index is 12.0. The van der Waals surface area contributed by atoms with Crippen molar-refractivity contribution in [2.45, 2.75) is 13.0 Å². The van der Waals surface area contributed by atoms with E-state index < -0.39 is 11.2 Å². The quantitative estimate of drug-likeness (QED) is 0.662. The average molecular weight is 264 g/mol. The van der Waals surface area contributed by atoms with Gasteiger partial charge in [0.25, 0.3) is 5.56 Å². The normalized spacial score (nSPS) is 19.3. The van der Waals surface area contributed by atoms with E-state index in [2.05, 4.69) is 0 Å². The predicted molar refractivity (Wildman–Crippen MR) is 69.3 cm³/mol. The molecule has 0 N–H and O–H groups in total. The molecule has 1 fully saturated rings. The lowest BCUT2D eigenvalue weighted by atomic mass is 10.2. The van der Waals surface area contributed by atoms with E-state index in [-0.39, 0.29) is 11.7 Å². The van der Waals surface area contributed by atoms with Crippen molar-refractivity contribution in [3.8, 4) is 6.07 Å². The van der Waals surface area contributed by atoms with Crippen molar-refractivity contribution >= 4 is 5.82 Å². The maximum atomic E-state index is 12.0. The standard InChI is InChI=1S/C12H16N4O3/c1-8-7-16(4-5-19-8)10-9(6-13)11(17)15(3)12(18)14(10)2/h8H,4-5,7H2,1-3H3/t8-/m0/s1. The fraction of sp³-hybridized carbons (Fsp3) is 0.583. The Morgan fingerprint density at radius 2 is 2.00 bits per heavy atom. The van der Waals surface area contributed by atoms with Crippen molar-refractivity contribution in [3.05, 3.63) is 26.4 Å². The molecule has 1 atom stereocenters. The van der Waals surface area contributed by atoms with Crippen LogP contribution >= 0.6 is 0 Å². The fourth-order valence-electron chi connectivity index (χ4n) is 2.31. The highest BCUT2D eigenvalue weighted by molar-refractivity contribution is 5.53. The molecule has 0 bridgehead atoms. The van der Waals surface area contributed by atoms with Crippen LogP contribution in [0.25, 0.3) is 0 Å². The molecule has 2 rings (SSSR count). The smallest absolute Gasteiger partial charge is 0.332 e. The van der Waals surface area contributed by atoms with Crippen LogP contribution in [-0.4, -0.2) is 34.9 Å². The number of morpholine rings is 1. The summed E-state index contributed by atoms with van der Waals surface area (Å²) in [4.78, 5) is 25.8. The van der Waals surface area contributed by atoms with Crippen LogP contribution in [0.5, 0.6) is 0 Å². The summed E-state index contributed by atoms with van der Waals surface area (Å²) in [5.74, 6) is 0.380. The molecule has 0 unspecified atom stereocenters. The van der Waals surface area contributed by atoms with Gasteiger partial charge in [-0.25, -0.2) is 4.79 Å². The van der Waals surface area contributed by atoms with Gasteiger partial charge in [-0.15, -0.1) is 0 Å². The molecule has 102 valence electrons. The molecule has 19 heavy (non-hydrogen) atoms. The summed E-state index contributed by atoms with van der Waals surface area (Å²) in [7, 11) is 2.94. The van der Waals surface area contributed by atoms with E-state index in [1.807, 2.05) is 17.9 Å². The number of aromatic nitrogens is 2. The summed E-state index contributed by atoms with van der Waals surface area (Å²) >= 11 is 0. The fourth-order valence-corrected chi connectivity index (χ4v) is 2.31. The largest absolute Gasteiger partial charge is 0.375 e. The topological polar surface area (TPSA) is 80.3 Å². The van der Waals surface area contributed by atoms with E-state index in [0.717, 1.165) is 4.57 Å². The molecule has 0 amide bonds. The second-order valence-electron chi connectivity index (χ2n) is 4.64. The Morgan fingerprint density at radius 1 is 1.32 bits per heavy atom. The van der Waals surface area contributed by atoms with Gasteiger partial charge in [-0.2, -0.15) is 5.26 Å². The number of hydrogen-bond acceptors (Lipinski definition) is 5. The lowest BCUT2D eigenvalue weighted by Crippen LogP contribution is -2.47. The first-order valence-corrected chi connectivity index (χ1v) is 6.04. The Balaban J connectivity index is 2.66. The summed E-state index contributed by atoms with van der Waals surface area (Å²) in [6, 6.07) is 1.91. The molecule has 1 aromatic rings. The third-order valence-corrected chi connectivity index (χ3v) is 3.29. The van der Waals surface area contributed by atoms with E-state index in [9.17, 15) is 14.9 Å². The van der Waals surface area contributed by atoms with Gasteiger partial charge in [0, 0.05) is 27.2 Å². The Kier molecular flexibility index (Phi) is 3.44. The lowest BCUT2D eigenvalue weighted by molar-refractivity contribution is 0.0526. The average Bonchev–Trinajstić information content (AvgIpc) is 2.40. The van der Waals surface area contributed by atoms with Crippen LogP contribution in [0.1, 0.15) is 12.5 Å². The van der Waals surface area contributed by atoms with Gasteiger partial charge in [-0.3, -0.25) is 13.9 Å². The van der Waals surface area contributed by atoms with Crippen LogP contribution in [0.2, 0.25) is 0 Å². The van der Waals surface area contributed by atoms with E-state index >= 15 is 0 Å². The van der Waals surface area contributed by atoms with Crippen molar-refractivity contribution in [2.75, 3.05) is 24.6 Å². The van der Waals surface area contributed by atoms with Crippen LogP contribution in [0.15, 0.2) is 9.59 Å². The van der Waals surface area contributed by atoms with Gasteiger partial charge in [0.05, 0.1) is 12.7 Å². The molecular formula is C12H16N4O3. The monoisotopic (exact) mass is 264 g/mol. The molecule has 0 radical (unpaired) electrons. The number of hydrogen-bond donors (Lipinski definition) is 0. The highest BCUT2D eigenvalue weighted by Gasteiger charge is 2.24. The first-order chi connectivity index (χ1) is 8.97. The molecule has 0 aliphatic carbocycles. The summed E-state index contributed by atoms with van der Waals surface area (Å²) in [6.07, 6.45) is -0.000506. The van der Waals surface area contributed by atoms with E-state index in [0.29, 0.717) is 25.5 Å². The van der Waals surface area contributed by atoms with E-state index in [4.69, 9.17) is 4.74 Å². The second-order valence-corrected chi connectivity index (χ2v) is 4.64. The van der Waals surface area contributed by atoms with E-state index in [1.54, 1.807) is 7.05 Å². The van der Waals surface area contributed by atoms with Gasteiger partial charge in [-0.1, -0.05) is 0 Å². The summed E-state index contributed by atoms with van der Waals surface area (Å²) in [6.45, 7) is 3.53. The number of ether oxygens (including phenoxy) is 1. The molecule has 1 aliphatic rings. The molecule has 2 heterocycles. The SMILES string of the molecule is C[C@H]1CN(c2c(C#N)c(=O)n(C)c(=O)n2C)CCO1. The third-order valence-electron chi connectivity index (χ3n) is 3.29. The Hall–Kier alpha value is -2.07. The molecule has 0 aromatic carbocycles. The van der Waals surface area contributed by atoms with Crippen LogP contribution in [0, 0.1) is 11.3 Å². The highest BCUT2D eigenvalue weighted by atomic mass is 16.5. The van der Waals surface area contributed by atoms with Gasteiger partial charge < -0.3 is 9.64 Å².